The molecule has 1 aromatic rings. The van der Waals surface area contributed by atoms with E-state index >= 15 is 0 Å². The molecule has 0 aliphatic carbocycles. The summed E-state index contributed by atoms with van der Waals surface area (Å²) in [4.78, 5) is 3.52. The van der Waals surface area contributed by atoms with Crippen LogP contribution in [0.2, 0.25) is 0 Å². The second kappa shape index (κ2) is 6.60. The highest BCUT2D eigenvalue weighted by molar-refractivity contribution is 5.53. The number of hydrogen-bond donors (Lipinski definition) is 1. The van der Waals surface area contributed by atoms with Gasteiger partial charge in [0.05, 0.1) is 5.56 Å². The summed E-state index contributed by atoms with van der Waals surface area (Å²) in [6.45, 7) is 6.03. The molecule has 0 fully saturated rings. The molecule has 3 nitrogen and oxygen atoms in total. The number of pyridine rings is 1. The van der Waals surface area contributed by atoms with Crippen molar-refractivity contribution in [2.45, 2.75) is 45.8 Å². The topological polar surface area (TPSA) is 48.7 Å². The molecule has 1 atom stereocenters. The maximum absolute atomic E-state index is 12.6. The Kier molecular flexibility index (Phi) is 5.37. The van der Waals surface area contributed by atoms with Crippen LogP contribution in [0.25, 0.3) is 0 Å². The first kappa shape index (κ1) is 16.3. The fourth-order valence-corrected chi connectivity index (χ4v) is 1.71. The van der Waals surface area contributed by atoms with Gasteiger partial charge in [-0.1, -0.05) is 13.8 Å². The van der Waals surface area contributed by atoms with Crippen LogP contribution in [0.3, 0.4) is 0 Å². The molecule has 1 rings (SSSR count). The highest BCUT2D eigenvalue weighted by Gasteiger charge is 2.33. The lowest BCUT2D eigenvalue weighted by molar-refractivity contribution is -0.141. The number of nitrogens with zero attached hydrogens (tertiary/aromatic N) is 2. The van der Waals surface area contributed by atoms with Gasteiger partial charge in [0.2, 0.25) is 0 Å². The van der Waals surface area contributed by atoms with E-state index < -0.39 is 11.9 Å². The maximum atomic E-state index is 12.6. The van der Waals surface area contributed by atoms with Crippen molar-refractivity contribution in [3.05, 3.63) is 23.4 Å². The van der Waals surface area contributed by atoms with Crippen molar-refractivity contribution in [2.24, 2.45) is 5.92 Å². The third-order valence-electron chi connectivity index (χ3n) is 2.87. The number of anilines is 1. The van der Waals surface area contributed by atoms with Crippen LogP contribution in [0.15, 0.2) is 12.1 Å². The molecule has 0 aliphatic heterocycles. The molecule has 0 saturated heterocycles. The Bertz CT molecular complexity index is 489. The van der Waals surface area contributed by atoms with Gasteiger partial charge in [-0.25, -0.2) is 4.98 Å². The van der Waals surface area contributed by atoms with Gasteiger partial charge in [-0.2, -0.15) is 18.4 Å². The average molecular weight is 285 g/mol. The standard InChI is InChI=1S/C14H18F3N3/c1-9(2)4-5-10(3)19-13-11(8-18)6-7-12(20-13)14(15,16)17/h6-7,9-10H,4-5H2,1-3H3,(H,19,20). The van der Waals surface area contributed by atoms with Crippen LogP contribution in [-0.2, 0) is 6.18 Å². The molecule has 1 N–H and O–H groups in total. The van der Waals surface area contributed by atoms with Crippen LogP contribution in [0.4, 0.5) is 19.0 Å². The molecule has 1 unspecified atom stereocenters. The maximum Gasteiger partial charge on any atom is 0.433 e. The minimum Gasteiger partial charge on any atom is -0.367 e. The first-order valence-corrected chi connectivity index (χ1v) is 6.49. The van der Waals surface area contributed by atoms with Crippen LogP contribution < -0.4 is 5.32 Å². The SMILES string of the molecule is CC(C)CCC(C)Nc1nc(C(F)(F)F)ccc1C#N. The number of nitrogens with one attached hydrogen (secondary N) is 1. The van der Waals surface area contributed by atoms with E-state index in [1.165, 1.54) is 0 Å². The molecule has 0 spiro atoms. The van der Waals surface area contributed by atoms with E-state index in [2.05, 4.69) is 24.1 Å². The third-order valence-corrected chi connectivity index (χ3v) is 2.87. The normalized spacial score (nSPS) is 13.1. The van der Waals surface area contributed by atoms with Gasteiger partial charge in [0, 0.05) is 6.04 Å². The summed E-state index contributed by atoms with van der Waals surface area (Å²) < 4.78 is 37.9. The minimum atomic E-state index is -4.51. The molecule has 0 amide bonds. The molecule has 6 heteroatoms. The number of halogens is 3. The quantitative estimate of drug-likeness (QED) is 0.881. The Balaban J connectivity index is 2.89. The summed E-state index contributed by atoms with van der Waals surface area (Å²) in [5, 5.41) is 11.8. The molecule has 0 saturated carbocycles. The van der Waals surface area contributed by atoms with E-state index in [1.807, 2.05) is 13.0 Å². The van der Waals surface area contributed by atoms with Crippen molar-refractivity contribution >= 4 is 5.82 Å². The van der Waals surface area contributed by atoms with Crippen LogP contribution in [0.5, 0.6) is 0 Å². The Morgan fingerprint density at radius 1 is 1.25 bits per heavy atom. The van der Waals surface area contributed by atoms with E-state index in [0.29, 0.717) is 5.92 Å². The number of aromatic nitrogens is 1. The number of alkyl halides is 3. The Hall–Kier alpha value is -1.77. The second-order valence-electron chi connectivity index (χ2n) is 5.22. The summed E-state index contributed by atoms with van der Waals surface area (Å²) in [6, 6.07) is 3.78. The van der Waals surface area contributed by atoms with Crippen LogP contribution in [0, 0.1) is 17.2 Å². The zero-order valence-electron chi connectivity index (χ0n) is 11.8. The van der Waals surface area contributed by atoms with Crippen LogP contribution in [-0.4, -0.2) is 11.0 Å². The Labute approximate surface area is 116 Å². The first-order valence-electron chi connectivity index (χ1n) is 6.49. The van der Waals surface area contributed by atoms with Gasteiger partial charge in [-0.05, 0) is 37.8 Å². The molecule has 1 aromatic heterocycles. The van der Waals surface area contributed by atoms with Gasteiger partial charge in [-0.3, -0.25) is 0 Å². The Morgan fingerprint density at radius 3 is 2.40 bits per heavy atom. The second-order valence-corrected chi connectivity index (χ2v) is 5.22. The minimum absolute atomic E-state index is 0.00131. The van der Waals surface area contributed by atoms with Crippen molar-refractivity contribution in [1.82, 2.24) is 4.98 Å². The lowest BCUT2D eigenvalue weighted by Gasteiger charge is -2.17. The predicted octanol–water partition coefficient (Wildman–Crippen LogP) is 4.21. The van der Waals surface area contributed by atoms with Gasteiger partial charge in [0.1, 0.15) is 17.6 Å². The molecular weight excluding hydrogens is 267 g/mol. The lowest BCUT2D eigenvalue weighted by Crippen LogP contribution is -2.19. The van der Waals surface area contributed by atoms with E-state index in [-0.39, 0.29) is 17.4 Å². The van der Waals surface area contributed by atoms with Crippen LogP contribution >= 0.6 is 0 Å². The van der Waals surface area contributed by atoms with E-state index in [0.717, 1.165) is 25.0 Å². The molecular formula is C14H18F3N3. The molecule has 0 bridgehead atoms. The van der Waals surface area contributed by atoms with Crippen molar-refractivity contribution in [1.29, 1.82) is 5.26 Å². The molecule has 0 aliphatic rings. The van der Waals surface area contributed by atoms with Gasteiger partial charge < -0.3 is 5.32 Å². The highest BCUT2D eigenvalue weighted by Crippen LogP contribution is 2.29. The smallest absolute Gasteiger partial charge is 0.367 e. The molecule has 0 aromatic carbocycles. The zero-order valence-corrected chi connectivity index (χ0v) is 11.8. The molecule has 20 heavy (non-hydrogen) atoms. The summed E-state index contributed by atoms with van der Waals surface area (Å²) in [5.41, 5.74) is -0.871. The highest BCUT2D eigenvalue weighted by atomic mass is 19.4. The van der Waals surface area contributed by atoms with Gasteiger partial charge >= 0.3 is 6.18 Å². The largest absolute Gasteiger partial charge is 0.433 e. The van der Waals surface area contributed by atoms with Crippen molar-refractivity contribution < 1.29 is 13.2 Å². The average Bonchev–Trinajstić information content (AvgIpc) is 2.35. The van der Waals surface area contributed by atoms with E-state index in [9.17, 15) is 13.2 Å². The molecule has 1 heterocycles. The van der Waals surface area contributed by atoms with Gasteiger partial charge in [0.25, 0.3) is 0 Å². The zero-order chi connectivity index (χ0) is 15.3. The first-order chi connectivity index (χ1) is 9.24. The summed E-state index contributed by atoms with van der Waals surface area (Å²) in [5.74, 6) is 0.516. The lowest BCUT2D eigenvalue weighted by atomic mass is 10.0. The van der Waals surface area contributed by atoms with E-state index in [1.54, 1.807) is 0 Å². The summed E-state index contributed by atoms with van der Waals surface area (Å²) >= 11 is 0. The number of hydrogen-bond acceptors (Lipinski definition) is 3. The number of rotatable bonds is 5. The molecule has 110 valence electrons. The van der Waals surface area contributed by atoms with Crippen molar-refractivity contribution in [3.63, 3.8) is 0 Å². The predicted molar refractivity (Wildman–Crippen MR) is 71.1 cm³/mol. The van der Waals surface area contributed by atoms with E-state index in [4.69, 9.17) is 5.26 Å². The number of nitriles is 1. The monoisotopic (exact) mass is 285 g/mol. The summed E-state index contributed by atoms with van der Waals surface area (Å²) in [6.07, 6.45) is -2.75. The Morgan fingerprint density at radius 2 is 1.90 bits per heavy atom. The van der Waals surface area contributed by atoms with Gasteiger partial charge in [-0.15, -0.1) is 0 Å². The van der Waals surface area contributed by atoms with Crippen molar-refractivity contribution in [3.8, 4) is 6.07 Å². The van der Waals surface area contributed by atoms with Gasteiger partial charge in [0.15, 0.2) is 0 Å². The molecule has 0 radical (unpaired) electrons. The third kappa shape index (κ3) is 4.72. The van der Waals surface area contributed by atoms with Crippen LogP contribution in [0.1, 0.15) is 44.9 Å². The van der Waals surface area contributed by atoms with Crippen molar-refractivity contribution in [2.75, 3.05) is 5.32 Å². The fraction of sp³-hybridized carbons (Fsp3) is 0.571. The fourth-order valence-electron chi connectivity index (χ4n) is 1.71. The summed E-state index contributed by atoms with van der Waals surface area (Å²) in [7, 11) is 0.